The Morgan fingerprint density at radius 2 is 1.36 bits per heavy atom. The van der Waals surface area contributed by atoms with Crippen LogP contribution >= 0.6 is 0 Å². The van der Waals surface area contributed by atoms with Crippen LogP contribution in [-0.4, -0.2) is 14.5 Å². The summed E-state index contributed by atoms with van der Waals surface area (Å²) in [6.07, 6.45) is 1.84. The Bertz CT molecular complexity index is 3290. The summed E-state index contributed by atoms with van der Waals surface area (Å²) >= 11 is 0. The molecule has 2 aromatic heterocycles. The SMILES string of the molecule is [2H]C([2H])([2H])c1cc(-c2ccccc2)c(-n2c(-c3cc(C)cc(C)c3O[CH2-])nc3c(-c4[c-]c(-c5cc(-c6ccc(C([2H])(C)C)cc6)ccn5)cc(C(C)(C)C)c4)cccc32)cc1-c1ccccc1.[Pt+2]. The number of benzene rings is 7. The number of aryl methyl sites for hydroxylation is 3. The number of imidazole rings is 1. The fraction of sp³-hybridized carbons (Fsp3) is 0.169. The molecule has 0 unspecified atom stereocenters. The van der Waals surface area contributed by atoms with Crippen LogP contribution in [0.15, 0.2) is 158 Å². The third kappa shape index (κ3) is 8.52. The van der Waals surface area contributed by atoms with Gasteiger partial charge in [-0.1, -0.05) is 155 Å². The molecule has 0 atom stereocenters. The van der Waals surface area contributed by atoms with Crippen molar-refractivity contribution in [3.63, 3.8) is 0 Å². The standard InChI is InChI=1S/C59H53N3O.Pt/c1-37(2)41-23-25-42(26-24-41)45-27-28-60-53(35-45)47-32-46(33-48(34-47)59(6,7)8)49-21-16-22-54-56(49)61-58(52-30-38(3)29-40(5)57(52)63-9)62(54)55-36-50(43-17-12-10-13-18-43)39(4)31-51(55)44-19-14-11-15-20-44;/h10-31,33-37H,9H2,1-8H3;/q-2;+2/i4D3,37D;. The number of para-hydroxylation sites is 1. The van der Waals surface area contributed by atoms with E-state index in [9.17, 15) is 0 Å². The molecule has 320 valence electrons. The second kappa shape index (κ2) is 18.0. The molecule has 0 aliphatic heterocycles. The van der Waals surface area contributed by atoms with Gasteiger partial charge in [-0.3, -0.25) is 9.55 Å². The van der Waals surface area contributed by atoms with Gasteiger partial charge < -0.3 is 4.74 Å². The Morgan fingerprint density at radius 3 is 2.02 bits per heavy atom. The maximum Gasteiger partial charge on any atom is 2.00 e. The number of hydrogen-bond acceptors (Lipinski definition) is 3. The minimum absolute atomic E-state index is 0. The molecular weight excluding hydrogens is 962 g/mol. The van der Waals surface area contributed by atoms with Crippen LogP contribution in [0.3, 0.4) is 0 Å². The number of hydrogen-bond donors (Lipinski definition) is 0. The van der Waals surface area contributed by atoms with Crippen LogP contribution < -0.4 is 4.74 Å². The van der Waals surface area contributed by atoms with Crippen molar-refractivity contribution in [1.29, 1.82) is 0 Å². The topological polar surface area (TPSA) is 39.9 Å². The average molecular weight is 1020 g/mol. The van der Waals surface area contributed by atoms with Crippen molar-refractivity contribution >= 4 is 11.0 Å². The van der Waals surface area contributed by atoms with Crippen LogP contribution in [0.1, 0.15) is 73.8 Å². The zero-order chi connectivity index (χ0) is 47.4. The Labute approximate surface area is 399 Å². The number of nitrogens with zero attached hydrogens (tertiary/aromatic N) is 3. The number of pyridine rings is 1. The van der Waals surface area contributed by atoms with Gasteiger partial charge in [-0.2, -0.15) is 7.11 Å². The Morgan fingerprint density at radius 1 is 0.672 bits per heavy atom. The van der Waals surface area contributed by atoms with Crippen molar-refractivity contribution in [1.82, 2.24) is 14.5 Å². The quantitative estimate of drug-likeness (QED) is 0.135. The Balaban J connectivity index is 0.00000625. The summed E-state index contributed by atoms with van der Waals surface area (Å²) in [4.78, 5) is 10.5. The van der Waals surface area contributed by atoms with Crippen LogP contribution in [0.5, 0.6) is 5.75 Å². The van der Waals surface area contributed by atoms with E-state index < -0.39 is 12.7 Å². The molecule has 0 saturated carbocycles. The predicted octanol–water partition coefficient (Wildman–Crippen LogP) is 15.7. The van der Waals surface area contributed by atoms with Gasteiger partial charge in [-0.05, 0) is 112 Å². The fourth-order valence-electron chi connectivity index (χ4n) is 8.57. The molecule has 9 aromatic rings. The molecule has 64 heavy (non-hydrogen) atoms. The van der Waals surface area contributed by atoms with Gasteiger partial charge in [0.15, 0.2) is 0 Å². The summed E-state index contributed by atoms with van der Waals surface area (Å²) in [6.45, 7) is 12.1. The van der Waals surface area contributed by atoms with Gasteiger partial charge in [0, 0.05) is 22.9 Å². The van der Waals surface area contributed by atoms with Crippen LogP contribution in [-0.2, 0) is 26.5 Å². The molecule has 0 aliphatic carbocycles. The second-order valence-corrected chi connectivity index (χ2v) is 17.6. The number of fused-ring (bicyclic) bond motifs is 1. The fourth-order valence-corrected chi connectivity index (χ4v) is 8.57. The maximum absolute atomic E-state index is 8.80. The smallest absolute Gasteiger partial charge is 0.665 e. The first-order valence-corrected chi connectivity index (χ1v) is 21.4. The normalized spacial score (nSPS) is 12.8. The minimum Gasteiger partial charge on any atom is -0.665 e. The molecule has 0 N–H and O–H groups in total. The van der Waals surface area contributed by atoms with Crippen LogP contribution in [0.25, 0.3) is 83.9 Å². The van der Waals surface area contributed by atoms with Gasteiger partial charge in [0.25, 0.3) is 0 Å². The van der Waals surface area contributed by atoms with Gasteiger partial charge in [-0.25, -0.2) is 4.98 Å². The molecular formula is C59H53N3OPt. The van der Waals surface area contributed by atoms with Crippen LogP contribution in [0, 0.1) is 33.9 Å². The van der Waals surface area contributed by atoms with Gasteiger partial charge in [-0.15, -0.1) is 29.3 Å². The van der Waals surface area contributed by atoms with E-state index in [-0.39, 0.29) is 32.0 Å². The molecule has 4 nitrogen and oxygen atoms in total. The van der Waals surface area contributed by atoms with E-state index in [4.69, 9.17) is 20.2 Å². The van der Waals surface area contributed by atoms with Crippen molar-refractivity contribution in [2.75, 3.05) is 0 Å². The molecule has 0 spiro atoms. The molecule has 0 saturated heterocycles. The monoisotopic (exact) mass is 1020 g/mol. The Hall–Kier alpha value is -6.35. The van der Waals surface area contributed by atoms with Crippen molar-refractivity contribution in [2.45, 2.75) is 66.6 Å². The van der Waals surface area contributed by atoms with Crippen LogP contribution in [0.4, 0.5) is 0 Å². The van der Waals surface area contributed by atoms with E-state index in [1.807, 2.05) is 118 Å². The third-order valence-electron chi connectivity index (χ3n) is 11.9. The molecule has 5 heteroatoms. The van der Waals surface area contributed by atoms with Crippen molar-refractivity contribution in [3.05, 3.63) is 199 Å². The van der Waals surface area contributed by atoms with Gasteiger partial charge in [0.1, 0.15) is 5.82 Å². The van der Waals surface area contributed by atoms with Gasteiger partial charge in [0.2, 0.25) is 0 Å². The van der Waals surface area contributed by atoms with Gasteiger partial charge >= 0.3 is 21.1 Å². The molecule has 2 heterocycles. The molecule has 0 fully saturated rings. The van der Waals surface area contributed by atoms with E-state index in [0.717, 1.165) is 94.7 Å². The predicted molar refractivity (Wildman–Crippen MR) is 263 cm³/mol. The molecule has 0 amide bonds. The summed E-state index contributed by atoms with van der Waals surface area (Å²) in [5, 5.41) is 0. The van der Waals surface area contributed by atoms with Crippen molar-refractivity contribution in [2.24, 2.45) is 0 Å². The molecule has 7 aromatic carbocycles. The summed E-state index contributed by atoms with van der Waals surface area (Å²) in [6, 6.07) is 54.4. The van der Waals surface area contributed by atoms with E-state index in [0.29, 0.717) is 17.1 Å². The van der Waals surface area contributed by atoms with E-state index in [1.54, 1.807) is 0 Å². The second-order valence-electron chi connectivity index (χ2n) is 17.6. The van der Waals surface area contributed by atoms with E-state index in [1.165, 1.54) is 0 Å². The van der Waals surface area contributed by atoms with E-state index in [2.05, 4.69) is 106 Å². The van der Waals surface area contributed by atoms with Crippen molar-refractivity contribution in [3.8, 4) is 78.6 Å². The zero-order valence-electron chi connectivity index (χ0n) is 41.3. The van der Waals surface area contributed by atoms with E-state index >= 15 is 0 Å². The Kier molecular flexibility index (Phi) is 11.1. The summed E-state index contributed by atoms with van der Waals surface area (Å²) < 4.78 is 43.0. The summed E-state index contributed by atoms with van der Waals surface area (Å²) in [5.74, 6) is 0.522. The van der Waals surface area contributed by atoms with Gasteiger partial charge in [0.05, 0.1) is 28.0 Å². The number of ether oxygens (including phenoxy) is 1. The minimum atomic E-state index is -2.41. The first-order chi connectivity index (χ1) is 31.9. The first kappa shape index (κ1) is 39.3. The molecule has 9 rings (SSSR count). The molecule has 0 radical (unpaired) electrons. The third-order valence-corrected chi connectivity index (χ3v) is 11.9. The maximum atomic E-state index is 8.80. The average Bonchev–Trinajstić information content (AvgIpc) is 3.70. The number of rotatable bonds is 9. The largest absolute Gasteiger partial charge is 2.00 e. The first-order valence-electron chi connectivity index (χ1n) is 23.4. The summed E-state index contributed by atoms with van der Waals surface area (Å²) in [7, 11) is 3.90. The molecule has 0 aliphatic rings. The zero-order valence-corrected chi connectivity index (χ0v) is 39.6. The number of aromatic nitrogens is 3. The van der Waals surface area contributed by atoms with Crippen LogP contribution in [0.2, 0.25) is 0 Å². The van der Waals surface area contributed by atoms with Crippen molar-refractivity contribution < 1.29 is 31.3 Å². The summed E-state index contributed by atoms with van der Waals surface area (Å²) in [5.41, 5.74) is 15.5. The molecule has 0 bridgehead atoms.